The summed E-state index contributed by atoms with van der Waals surface area (Å²) in [5.74, 6) is 0. The van der Waals surface area contributed by atoms with Crippen molar-refractivity contribution in [3.05, 3.63) is 48.5 Å². The van der Waals surface area contributed by atoms with Gasteiger partial charge in [0.05, 0.1) is 0 Å². The molecule has 0 saturated heterocycles. The molecule has 0 radical (unpaired) electrons. The predicted octanol–water partition coefficient (Wildman–Crippen LogP) is 2.93. The molecule has 0 aliphatic rings. The molecule has 0 fully saturated rings. The second-order valence-electron chi connectivity index (χ2n) is 3.86. The van der Waals surface area contributed by atoms with Gasteiger partial charge in [0.25, 0.3) is 0 Å². The fourth-order valence-corrected chi connectivity index (χ4v) is 1.91. The van der Waals surface area contributed by atoms with Gasteiger partial charge in [-0.1, -0.05) is 29.8 Å². The largest absolute Gasteiger partial charge is 0.345 e. The lowest BCUT2D eigenvalue weighted by atomic mass is 10.0. The molecule has 2 aromatic heterocycles. The number of hydrogen-bond donors (Lipinski definition) is 1. The number of H-pyrrole nitrogens is 1. The van der Waals surface area contributed by atoms with E-state index in [0.29, 0.717) is 0 Å². The molecule has 16 heavy (non-hydrogen) atoms. The smallest absolute Gasteiger partial charge is 0.141 e. The SMILES string of the molecule is Cc1cccc(-c2c[nH]c3ncncc23)c1. The first-order chi connectivity index (χ1) is 7.84. The first kappa shape index (κ1) is 9.09. The maximum Gasteiger partial charge on any atom is 0.141 e. The molecule has 0 unspecified atom stereocenters. The van der Waals surface area contributed by atoms with Gasteiger partial charge in [0.15, 0.2) is 0 Å². The Morgan fingerprint density at radius 3 is 3.06 bits per heavy atom. The van der Waals surface area contributed by atoms with Crippen LogP contribution >= 0.6 is 0 Å². The van der Waals surface area contributed by atoms with Crippen LogP contribution in [0.4, 0.5) is 0 Å². The monoisotopic (exact) mass is 209 g/mol. The van der Waals surface area contributed by atoms with Crippen molar-refractivity contribution in [3.63, 3.8) is 0 Å². The highest BCUT2D eigenvalue weighted by atomic mass is 14.9. The average molecular weight is 209 g/mol. The number of aromatic nitrogens is 3. The van der Waals surface area contributed by atoms with Crippen molar-refractivity contribution in [2.24, 2.45) is 0 Å². The van der Waals surface area contributed by atoms with Gasteiger partial charge in [0.2, 0.25) is 0 Å². The number of fused-ring (bicyclic) bond motifs is 1. The normalized spacial score (nSPS) is 10.8. The van der Waals surface area contributed by atoms with E-state index < -0.39 is 0 Å². The van der Waals surface area contributed by atoms with E-state index in [1.54, 1.807) is 6.33 Å². The summed E-state index contributed by atoms with van der Waals surface area (Å²) in [5, 5.41) is 1.06. The van der Waals surface area contributed by atoms with Crippen LogP contribution < -0.4 is 0 Å². The van der Waals surface area contributed by atoms with Crippen molar-refractivity contribution < 1.29 is 0 Å². The lowest BCUT2D eigenvalue weighted by Crippen LogP contribution is -1.80. The van der Waals surface area contributed by atoms with Crippen LogP contribution in [0.5, 0.6) is 0 Å². The highest BCUT2D eigenvalue weighted by Crippen LogP contribution is 2.27. The van der Waals surface area contributed by atoms with Crippen LogP contribution in [0.2, 0.25) is 0 Å². The molecule has 0 atom stereocenters. The molecule has 0 aliphatic heterocycles. The zero-order valence-corrected chi connectivity index (χ0v) is 8.94. The van der Waals surface area contributed by atoms with E-state index in [-0.39, 0.29) is 0 Å². The maximum absolute atomic E-state index is 4.18. The summed E-state index contributed by atoms with van der Waals surface area (Å²) in [6.45, 7) is 2.09. The van der Waals surface area contributed by atoms with Crippen LogP contribution in [0.15, 0.2) is 43.0 Å². The quantitative estimate of drug-likeness (QED) is 0.669. The molecule has 78 valence electrons. The highest BCUT2D eigenvalue weighted by Gasteiger charge is 2.06. The topological polar surface area (TPSA) is 41.6 Å². The molecule has 1 N–H and O–H groups in total. The molecular formula is C13H11N3. The van der Waals surface area contributed by atoms with E-state index in [9.17, 15) is 0 Å². The molecule has 3 heteroatoms. The van der Waals surface area contributed by atoms with Crippen LogP contribution in [0.25, 0.3) is 22.2 Å². The highest BCUT2D eigenvalue weighted by molar-refractivity contribution is 5.92. The van der Waals surface area contributed by atoms with Gasteiger partial charge in [-0.3, -0.25) is 0 Å². The predicted molar refractivity (Wildman–Crippen MR) is 64.1 cm³/mol. The molecule has 0 amide bonds. The van der Waals surface area contributed by atoms with Gasteiger partial charge >= 0.3 is 0 Å². The Morgan fingerprint density at radius 2 is 2.19 bits per heavy atom. The number of nitrogens with one attached hydrogen (secondary N) is 1. The van der Waals surface area contributed by atoms with Crippen molar-refractivity contribution in [2.75, 3.05) is 0 Å². The van der Waals surface area contributed by atoms with E-state index in [0.717, 1.165) is 16.6 Å². The fourth-order valence-electron chi connectivity index (χ4n) is 1.91. The van der Waals surface area contributed by atoms with Gasteiger partial charge < -0.3 is 4.98 Å². The number of benzene rings is 1. The number of hydrogen-bond acceptors (Lipinski definition) is 2. The summed E-state index contributed by atoms with van der Waals surface area (Å²) >= 11 is 0. The maximum atomic E-state index is 4.18. The van der Waals surface area contributed by atoms with Crippen molar-refractivity contribution in [1.82, 2.24) is 15.0 Å². The number of aromatic amines is 1. The molecule has 0 saturated carbocycles. The second kappa shape index (κ2) is 3.45. The zero-order chi connectivity index (χ0) is 11.0. The van der Waals surface area contributed by atoms with Gasteiger partial charge in [0.1, 0.15) is 12.0 Å². The van der Waals surface area contributed by atoms with Gasteiger partial charge in [-0.15, -0.1) is 0 Å². The van der Waals surface area contributed by atoms with Crippen LogP contribution in [-0.4, -0.2) is 15.0 Å². The summed E-state index contributed by atoms with van der Waals surface area (Å²) in [4.78, 5) is 11.4. The molecule has 1 aromatic carbocycles. The van der Waals surface area contributed by atoms with Crippen LogP contribution in [0.1, 0.15) is 5.56 Å². The zero-order valence-electron chi connectivity index (χ0n) is 8.94. The first-order valence-corrected chi connectivity index (χ1v) is 5.19. The molecule has 2 heterocycles. The number of nitrogens with zero attached hydrogens (tertiary/aromatic N) is 2. The summed E-state index contributed by atoms with van der Waals surface area (Å²) in [6.07, 6.45) is 5.38. The van der Waals surface area contributed by atoms with Gasteiger partial charge in [0, 0.05) is 23.3 Å². The summed E-state index contributed by atoms with van der Waals surface area (Å²) in [6, 6.07) is 8.42. The summed E-state index contributed by atoms with van der Waals surface area (Å²) < 4.78 is 0. The minimum Gasteiger partial charge on any atom is -0.345 e. The number of aryl methyl sites for hydroxylation is 1. The minimum absolute atomic E-state index is 0.881. The van der Waals surface area contributed by atoms with Crippen LogP contribution in [-0.2, 0) is 0 Å². The Kier molecular flexibility index (Phi) is 1.96. The lowest BCUT2D eigenvalue weighted by Gasteiger charge is -2.00. The Hall–Kier alpha value is -2.16. The van der Waals surface area contributed by atoms with Crippen molar-refractivity contribution in [1.29, 1.82) is 0 Å². The number of rotatable bonds is 1. The fraction of sp³-hybridized carbons (Fsp3) is 0.0769. The van der Waals surface area contributed by atoms with E-state index in [2.05, 4.69) is 46.1 Å². The summed E-state index contributed by atoms with van der Waals surface area (Å²) in [5.41, 5.74) is 4.48. The second-order valence-corrected chi connectivity index (χ2v) is 3.86. The van der Waals surface area contributed by atoms with E-state index in [1.807, 2.05) is 12.4 Å². The third-order valence-corrected chi connectivity index (χ3v) is 2.68. The van der Waals surface area contributed by atoms with E-state index >= 15 is 0 Å². The van der Waals surface area contributed by atoms with E-state index in [4.69, 9.17) is 0 Å². The Labute approximate surface area is 93.2 Å². The van der Waals surface area contributed by atoms with Gasteiger partial charge in [-0.2, -0.15) is 0 Å². The third kappa shape index (κ3) is 1.37. The molecular weight excluding hydrogens is 198 g/mol. The molecule has 0 spiro atoms. The molecule has 0 aliphatic carbocycles. The standard InChI is InChI=1S/C13H11N3/c1-9-3-2-4-10(5-9)11-7-15-13-12(11)6-14-8-16-13/h2-8H,1H3,(H,14,15,16). The average Bonchev–Trinajstić information content (AvgIpc) is 2.72. The van der Waals surface area contributed by atoms with Gasteiger partial charge in [-0.25, -0.2) is 9.97 Å². The van der Waals surface area contributed by atoms with Gasteiger partial charge in [-0.05, 0) is 12.5 Å². The Balaban J connectivity index is 2.26. The molecule has 3 rings (SSSR count). The molecule has 3 nitrogen and oxygen atoms in total. The molecule has 0 bridgehead atoms. The summed E-state index contributed by atoms with van der Waals surface area (Å²) in [7, 11) is 0. The van der Waals surface area contributed by atoms with Crippen molar-refractivity contribution in [3.8, 4) is 11.1 Å². The first-order valence-electron chi connectivity index (χ1n) is 5.19. The van der Waals surface area contributed by atoms with Crippen LogP contribution in [0.3, 0.4) is 0 Å². The van der Waals surface area contributed by atoms with Crippen molar-refractivity contribution in [2.45, 2.75) is 6.92 Å². The Bertz CT molecular complexity index is 640. The van der Waals surface area contributed by atoms with Crippen molar-refractivity contribution >= 4 is 11.0 Å². The van der Waals surface area contributed by atoms with Crippen LogP contribution in [0, 0.1) is 6.92 Å². The Morgan fingerprint density at radius 1 is 1.25 bits per heavy atom. The lowest BCUT2D eigenvalue weighted by molar-refractivity contribution is 1.20. The minimum atomic E-state index is 0.881. The van der Waals surface area contributed by atoms with E-state index in [1.165, 1.54) is 11.1 Å². The third-order valence-electron chi connectivity index (χ3n) is 2.68. The molecule has 3 aromatic rings.